The maximum absolute atomic E-state index is 12.5. The maximum Gasteiger partial charge on any atom is 0.253 e. The predicted octanol–water partition coefficient (Wildman–Crippen LogP) is 1.36. The van der Waals surface area contributed by atoms with Gasteiger partial charge >= 0.3 is 0 Å². The third-order valence-electron chi connectivity index (χ3n) is 4.96. The summed E-state index contributed by atoms with van der Waals surface area (Å²) in [6, 6.07) is 8.73. The number of aryl methyl sites for hydroxylation is 2. The molecule has 1 aliphatic heterocycles. The van der Waals surface area contributed by atoms with Crippen LogP contribution in [0.15, 0.2) is 42.7 Å². The highest BCUT2D eigenvalue weighted by Crippen LogP contribution is 2.15. The molecule has 144 valence electrons. The highest BCUT2D eigenvalue weighted by atomic mass is 16.3. The SMILES string of the molecule is Cc1nccn1CCCC(=O)N[C@@H]1CCN(C(=O)c2ccccc2)C[C@H]1O. The van der Waals surface area contributed by atoms with Crippen LogP contribution in [0.5, 0.6) is 0 Å². The van der Waals surface area contributed by atoms with Crippen LogP contribution in [0.1, 0.15) is 35.4 Å². The van der Waals surface area contributed by atoms with Crippen LogP contribution in [0.3, 0.4) is 0 Å². The Balaban J connectivity index is 1.43. The molecule has 0 radical (unpaired) electrons. The summed E-state index contributed by atoms with van der Waals surface area (Å²) in [7, 11) is 0. The van der Waals surface area contributed by atoms with Crippen molar-refractivity contribution in [3.63, 3.8) is 0 Å². The van der Waals surface area contributed by atoms with Gasteiger partial charge in [0.25, 0.3) is 5.91 Å². The number of piperidine rings is 1. The smallest absolute Gasteiger partial charge is 0.253 e. The molecule has 1 aromatic heterocycles. The van der Waals surface area contributed by atoms with Crippen LogP contribution < -0.4 is 5.32 Å². The van der Waals surface area contributed by atoms with Gasteiger partial charge in [0.05, 0.1) is 12.1 Å². The van der Waals surface area contributed by atoms with Gasteiger partial charge < -0.3 is 19.9 Å². The van der Waals surface area contributed by atoms with Crippen LogP contribution >= 0.6 is 0 Å². The minimum Gasteiger partial charge on any atom is -0.389 e. The van der Waals surface area contributed by atoms with Crippen molar-refractivity contribution >= 4 is 11.8 Å². The summed E-state index contributed by atoms with van der Waals surface area (Å²) in [5.74, 6) is 0.774. The molecule has 0 saturated carbocycles. The molecule has 2 aromatic rings. The van der Waals surface area contributed by atoms with Gasteiger partial charge in [-0.05, 0) is 31.9 Å². The first kappa shape index (κ1) is 19.1. The van der Waals surface area contributed by atoms with E-state index in [1.54, 1.807) is 23.2 Å². The molecular formula is C20H26N4O3. The van der Waals surface area contributed by atoms with E-state index in [0.717, 1.165) is 12.4 Å². The van der Waals surface area contributed by atoms with Gasteiger partial charge in [0.15, 0.2) is 0 Å². The number of benzene rings is 1. The molecule has 2 N–H and O–H groups in total. The van der Waals surface area contributed by atoms with Crippen LogP contribution in [-0.2, 0) is 11.3 Å². The molecule has 2 amide bonds. The molecule has 1 aromatic carbocycles. The number of nitrogens with one attached hydrogen (secondary N) is 1. The number of rotatable bonds is 6. The standard InChI is InChI=1S/C20H26N4O3/c1-15-21-10-13-23(15)11-5-8-19(26)22-17-9-12-24(14-18(17)25)20(27)16-6-3-2-4-7-16/h2-4,6-7,10,13,17-18,25H,5,8-9,11-12,14H2,1H3,(H,22,26)/t17-,18-/m1/s1. The van der Waals surface area contributed by atoms with Crippen LogP contribution in [-0.4, -0.2) is 56.6 Å². The Labute approximate surface area is 159 Å². The molecule has 7 nitrogen and oxygen atoms in total. The zero-order valence-electron chi connectivity index (χ0n) is 15.5. The van der Waals surface area contributed by atoms with Gasteiger partial charge in [0.2, 0.25) is 5.91 Å². The van der Waals surface area contributed by atoms with E-state index < -0.39 is 6.10 Å². The summed E-state index contributed by atoms with van der Waals surface area (Å²) in [6.45, 7) is 3.42. The van der Waals surface area contributed by atoms with Crippen LogP contribution in [0.2, 0.25) is 0 Å². The second kappa shape index (κ2) is 8.81. The van der Waals surface area contributed by atoms with Gasteiger partial charge in [-0.15, -0.1) is 0 Å². The van der Waals surface area contributed by atoms with Gasteiger partial charge in [-0.2, -0.15) is 0 Å². The number of carbonyl (C=O) groups is 2. The quantitative estimate of drug-likeness (QED) is 0.804. The van der Waals surface area contributed by atoms with Gasteiger partial charge in [0, 0.05) is 44.0 Å². The lowest BCUT2D eigenvalue weighted by Gasteiger charge is -2.36. The Morgan fingerprint density at radius 1 is 1.30 bits per heavy atom. The fraction of sp³-hybridized carbons (Fsp3) is 0.450. The summed E-state index contributed by atoms with van der Waals surface area (Å²) in [5, 5.41) is 13.3. The summed E-state index contributed by atoms with van der Waals surface area (Å²) in [4.78, 5) is 30.5. The first-order valence-electron chi connectivity index (χ1n) is 9.34. The van der Waals surface area contributed by atoms with Crippen molar-refractivity contribution in [2.45, 2.75) is 44.9 Å². The molecule has 7 heteroatoms. The first-order valence-corrected chi connectivity index (χ1v) is 9.34. The molecule has 3 rings (SSSR count). The van der Waals surface area contributed by atoms with E-state index in [1.165, 1.54) is 0 Å². The zero-order chi connectivity index (χ0) is 19.2. The number of aliphatic hydroxyl groups excluding tert-OH is 1. The number of likely N-dealkylation sites (tertiary alicyclic amines) is 1. The normalized spacial score (nSPS) is 19.7. The van der Waals surface area contributed by atoms with Gasteiger partial charge in [-0.3, -0.25) is 9.59 Å². The van der Waals surface area contributed by atoms with Crippen molar-refractivity contribution in [1.82, 2.24) is 19.8 Å². The molecule has 0 spiro atoms. The summed E-state index contributed by atoms with van der Waals surface area (Å²) >= 11 is 0. The Bertz CT molecular complexity index is 775. The minimum absolute atomic E-state index is 0.0698. The van der Waals surface area contributed by atoms with Gasteiger partial charge in [-0.1, -0.05) is 18.2 Å². The molecule has 1 fully saturated rings. The Morgan fingerprint density at radius 2 is 2.07 bits per heavy atom. The second-order valence-corrected chi connectivity index (χ2v) is 6.92. The number of aromatic nitrogens is 2. The Hall–Kier alpha value is -2.67. The van der Waals surface area contributed by atoms with Crippen molar-refractivity contribution < 1.29 is 14.7 Å². The average molecular weight is 370 g/mol. The van der Waals surface area contributed by atoms with Crippen molar-refractivity contribution in [2.75, 3.05) is 13.1 Å². The largest absolute Gasteiger partial charge is 0.389 e. The summed E-state index contributed by atoms with van der Waals surface area (Å²) in [6.07, 6.45) is 4.54. The molecule has 0 aliphatic carbocycles. The summed E-state index contributed by atoms with van der Waals surface area (Å²) < 4.78 is 2.01. The van der Waals surface area contributed by atoms with E-state index in [4.69, 9.17) is 0 Å². The second-order valence-electron chi connectivity index (χ2n) is 6.92. The van der Waals surface area contributed by atoms with E-state index in [9.17, 15) is 14.7 Å². The number of hydrogen-bond acceptors (Lipinski definition) is 4. The summed E-state index contributed by atoms with van der Waals surface area (Å²) in [5.41, 5.74) is 0.613. The van der Waals surface area contributed by atoms with Crippen molar-refractivity contribution in [2.24, 2.45) is 0 Å². The van der Waals surface area contributed by atoms with Crippen LogP contribution in [0.4, 0.5) is 0 Å². The molecule has 1 saturated heterocycles. The molecule has 1 aliphatic rings. The maximum atomic E-state index is 12.5. The number of hydrogen-bond donors (Lipinski definition) is 2. The average Bonchev–Trinajstić information content (AvgIpc) is 3.08. The number of β-amino-alcohol motifs (C(OH)–C–C–N with tert-alkyl or cyclic N) is 1. The van der Waals surface area contributed by atoms with E-state index in [1.807, 2.05) is 35.9 Å². The highest BCUT2D eigenvalue weighted by molar-refractivity contribution is 5.94. The van der Waals surface area contributed by atoms with Gasteiger partial charge in [0.1, 0.15) is 5.82 Å². The number of imidazole rings is 1. The monoisotopic (exact) mass is 370 g/mol. The lowest BCUT2D eigenvalue weighted by molar-refractivity contribution is -0.123. The Kier molecular flexibility index (Phi) is 6.24. The van der Waals surface area contributed by atoms with E-state index >= 15 is 0 Å². The molecule has 2 atom stereocenters. The molecule has 0 unspecified atom stereocenters. The third-order valence-corrected chi connectivity index (χ3v) is 4.96. The fourth-order valence-corrected chi connectivity index (χ4v) is 3.38. The number of amides is 2. The van der Waals surface area contributed by atoms with Crippen molar-refractivity contribution in [3.05, 3.63) is 54.1 Å². The lowest BCUT2D eigenvalue weighted by atomic mass is 10.0. The van der Waals surface area contributed by atoms with Gasteiger partial charge in [-0.25, -0.2) is 4.98 Å². The lowest BCUT2D eigenvalue weighted by Crippen LogP contribution is -2.55. The minimum atomic E-state index is -0.758. The van der Waals surface area contributed by atoms with Crippen LogP contribution in [0, 0.1) is 6.92 Å². The molecule has 0 bridgehead atoms. The van der Waals surface area contributed by atoms with Crippen molar-refractivity contribution in [1.29, 1.82) is 0 Å². The molecule has 27 heavy (non-hydrogen) atoms. The molecular weight excluding hydrogens is 344 g/mol. The predicted molar refractivity (Wildman–Crippen MR) is 101 cm³/mol. The zero-order valence-corrected chi connectivity index (χ0v) is 15.5. The number of carbonyl (C=O) groups excluding carboxylic acids is 2. The Morgan fingerprint density at radius 3 is 2.74 bits per heavy atom. The van der Waals surface area contributed by atoms with E-state index in [2.05, 4.69) is 10.3 Å². The molecule has 2 heterocycles. The number of aliphatic hydroxyl groups is 1. The fourth-order valence-electron chi connectivity index (χ4n) is 3.38. The third kappa shape index (κ3) is 4.95. The van der Waals surface area contributed by atoms with E-state index in [-0.39, 0.29) is 24.4 Å². The topological polar surface area (TPSA) is 87.5 Å². The van der Waals surface area contributed by atoms with Crippen LogP contribution in [0.25, 0.3) is 0 Å². The van der Waals surface area contributed by atoms with Crippen molar-refractivity contribution in [3.8, 4) is 0 Å². The first-order chi connectivity index (χ1) is 13.0. The highest BCUT2D eigenvalue weighted by Gasteiger charge is 2.31. The number of nitrogens with zero attached hydrogens (tertiary/aromatic N) is 3. The van der Waals surface area contributed by atoms with E-state index in [0.29, 0.717) is 31.4 Å².